The Labute approximate surface area is 112 Å². The second-order valence-electron chi connectivity index (χ2n) is 4.47. The van der Waals surface area contributed by atoms with Gasteiger partial charge in [0.15, 0.2) is 12.4 Å². The Bertz CT molecular complexity index is 538. The normalized spacial score (nSPS) is 11.8. The lowest BCUT2D eigenvalue weighted by Crippen LogP contribution is -2.29. The second kappa shape index (κ2) is 6.00. The molecule has 0 spiro atoms. The summed E-state index contributed by atoms with van der Waals surface area (Å²) in [7, 11) is 0. The predicted octanol–water partition coefficient (Wildman–Crippen LogP) is 1.85. The third kappa shape index (κ3) is 3.55. The van der Waals surface area contributed by atoms with E-state index in [0.717, 1.165) is 0 Å². The highest BCUT2D eigenvalue weighted by molar-refractivity contribution is 5.93. The van der Waals surface area contributed by atoms with Crippen molar-refractivity contribution in [1.82, 2.24) is 5.32 Å². The zero-order chi connectivity index (χ0) is 13.7. The number of amides is 1. The average Bonchev–Trinajstić information content (AvgIpc) is 2.46. The van der Waals surface area contributed by atoms with Crippen LogP contribution < -0.4 is 10.0 Å². The molecule has 0 aliphatic heterocycles. The summed E-state index contributed by atoms with van der Waals surface area (Å²) in [4.78, 5) is 11.9. The minimum absolute atomic E-state index is 0.164. The van der Waals surface area contributed by atoms with Gasteiger partial charge < -0.3 is 10.5 Å². The fourth-order valence-electron chi connectivity index (χ4n) is 1.81. The van der Waals surface area contributed by atoms with Crippen LogP contribution >= 0.6 is 0 Å². The molecule has 0 saturated carbocycles. The van der Waals surface area contributed by atoms with E-state index in [9.17, 15) is 10.0 Å². The molecular formula is C15H16N2O2. The van der Waals surface area contributed by atoms with E-state index in [0.29, 0.717) is 16.8 Å². The maximum atomic E-state index is 11.9. The zero-order valence-electron chi connectivity index (χ0n) is 10.7. The van der Waals surface area contributed by atoms with Crippen molar-refractivity contribution in [2.45, 2.75) is 12.8 Å². The van der Waals surface area contributed by atoms with Crippen LogP contribution in [0.5, 0.6) is 0 Å². The SMILES string of the molecule is C[C@H](CNC(=O)c1cc[n+]([O-])cc1)c1ccccc1. The first-order valence-corrected chi connectivity index (χ1v) is 6.19. The van der Waals surface area contributed by atoms with E-state index in [4.69, 9.17) is 0 Å². The summed E-state index contributed by atoms with van der Waals surface area (Å²) in [6.45, 7) is 2.63. The minimum atomic E-state index is -0.164. The van der Waals surface area contributed by atoms with Crippen LogP contribution in [0.2, 0.25) is 0 Å². The third-order valence-corrected chi connectivity index (χ3v) is 3.00. The standard InChI is InChI=1S/C15H16N2O2/c1-12(13-5-3-2-4-6-13)11-16-15(18)14-7-9-17(19)10-8-14/h2-10,12H,11H2,1H3,(H,16,18)/t12-/m1/s1. The van der Waals surface area contributed by atoms with E-state index in [1.54, 1.807) is 0 Å². The van der Waals surface area contributed by atoms with E-state index in [1.165, 1.54) is 30.1 Å². The lowest BCUT2D eigenvalue weighted by Gasteiger charge is -2.12. The van der Waals surface area contributed by atoms with Gasteiger partial charge in [-0.3, -0.25) is 4.79 Å². The summed E-state index contributed by atoms with van der Waals surface area (Å²) in [5.74, 6) is 0.0849. The van der Waals surface area contributed by atoms with Gasteiger partial charge in [-0.25, -0.2) is 0 Å². The topological polar surface area (TPSA) is 56.0 Å². The molecule has 1 atom stereocenters. The highest BCUT2D eigenvalue weighted by Gasteiger charge is 2.09. The Hall–Kier alpha value is -2.36. The van der Waals surface area contributed by atoms with Crippen molar-refractivity contribution in [3.63, 3.8) is 0 Å². The van der Waals surface area contributed by atoms with Crippen molar-refractivity contribution in [3.05, 3.63) is 71.2 Å². The Balaban J connectivity index is 1.92. The summed E-state index contributed by atoms with van der Waals surface area (Å²) < 4.78 is 0.656. The Morgan fingerprint density at radius 1 is 1.21 bits per heavy atom. The second-order valence-corrected chi connectivity index (χ2v) is 4.47. The van der Waals surface area contributed by atoms with Crippen molar-refractivity contribution < 1.29 is 9.52 Å². The minimum Gasteiger partial charge on any atom is -0.619 e. The van der Waals surface area contributed by atoms with E-state index in [2.05, 4.69) is 12.2 Å². The predicted molar refractivity (Wildman–Crippen MR) is 72.6 cm³/mol. The molecule has 1 aromatic heterocycles. The molecule has 19 heavy (non-hydrogen) atoms. The summed E-state index contributed by atoms with van der Waals surface area (Å²) in [6, 6.07) is 13.0. The van der Waals surface area contributed by atoms with Crippen LogP contribution in [-0.2, 0) is 0 Å². The molecule has 98 valence electrons. The molecular weight excluding hydrogens is 240 g/mol. The van der Waals surface area contributed by atoms with Crippen LogP contribution in [0.1, 0.15) is 28.8 Å². The molecule has 1 aromatic carbocycles. The maximum Gasteiger partial charge on any atom is 0.251 e. The highest BCUT2D eigenvalue weighted by Crippen LogP contribution is 2.13. The number of pyridine rings is 1. The van der Waals surface area contributed by atoms with Crippen molar-refractivity contribution in [2.24, 2.45) is 0 Å². The van der Waals surface area contributed by atoms with Crippen LogP contribution in [0.4, 0.5) is 0 Å². The number of benzene rings is 1. The van der Waals surface area contributed by atoms with Crippen LogP contribution in [0.25, 0.3) is 0 Å². The molecule has 2 aromatic rings. The van der Waals surface area contributed by atoms with Gasteiger partial charge in [0.25, 0.3) is 5.91 Å². The Morgan fingerprint density at radius 2 is 1.84 bits per heavy atom. The zero-order valence-corrected chi connectivity index (χ0v) is 10.7. The van der Waals surface area contributed by atoms with Gasteiger partial charge in [0.2, 0.25) is 0 Å². The first-order valence-electron chi connectivity index (χ1n) is 6.19. The molecule has 0 aliphatic carbocycles. The molecule has 0 fully saturated rings. The lowest BCUT2D eigenvalue weighted by molar-refractivity contribution is -0.605. The Kier molecular flexibility index (Phi) is 4.13. The van der Waals surface area contributed by atoms with Gasteiger partial charge in [-0.1, -0.05) is 37.3 Å². The molecule has 0 radical (unpaired) electrons. The number of aromatic nitrogens is 1. The van der Waals surface area contributed by atoms with Gasteiger partial charge in [0, 0.05) is 18.7 Å². The highest BCUT2D eigenvalue weighted by atomic mass is 16.5. The lowest BCUT2D eigenvalue weighted by atomic mass is 10.0. The Morgan fingerprint density at radius 3 is 2.47 bits per heavy atom. The van der Waals surface area contributed by atoms with Crippen molar-refractivity contribution in [2.75, 3.05) is 6.54 Å². The largest absolute Gasteiger partial charge is 0.619 e. The van der Waals surface area contributed by atoms with Crippen molar-refractivity contribution >= 4 is 5.91 Å². The fraction of sp³-hybridized carbons (Fsp3) is 0.200. The number of hydrogen-bond donors (Lipinski definition) is 1. The monoisotopic (exact) mass is 256 g/mol. The molecule has 1 N–H and O–H groups in total. The van der Waals surface area contributed by atoms with E-state index >= 15 is 0 Å². The molecule has 0 unspecified atom stereocenters. The van der Waals surface area contributed by atoms with Gasteiger partial charge >= 0.3 is 0 Å². The average molecular weight is 256 g/mol. The number of nitrogens with one attached hydrogen (secondary N) is 1. The summed E-state index contributed by atoms with van der Waals surface area (Å²) in [5.41, 5.74) is 1.68. The number of rotatable bonds is 4. The van der Waals surface area contributed by atoms with Gasteiger partial charge in [-0.2, -0.15) is 4.73 Å². The van der Waals surface area contributed by atoms with Gasteiger partial charge in [-0.05, 0) is 11.5 Å². The fourth-order valence-corrected chi connectivity index (χ4v) is 1.81. The molecule has 0 saturated heterocycles. The van der Waals surface area contributed by atoms with E-state index < -0.39 is 0 Å². The number of hydrogen-bond acceptors (Lipinski definition) is 2. The van der Waals surface area contributed by atoms with Gasteiger partial charge in [-0.15, -0.1) is 0 Å². The number of nitrogens with zero attached hydrogens (tertiary/aromatic N) is 1. The summed E-state index contributed by atoms with van der Waals surface area (Å²) >= 11 is 0. The third-order valence-electron chi connectivity index (χ3n) is 3.00. The van der Waals surface area contributed by atoms with Gasteiger partial charge in [0.05, 0.1) is 5.56 Å². The molecule has 4 nitrogen and oxygen atoms in total. The van der Waals surface area contributed by atoms with Crippen molar-refractivity contribution in [3.8, 4) is 0 Å². The molecule has 0 bridgehead atoms. The molecule has 2 rings (SSSR count). The quantitative estimate of drug-likeness (QED) is 0.670. The van der Waals surface area contributed by atoms with Crippen molar-refractivity contribution in [1.29, 1.82) is 0 Å². The molecule has 4 heteroatoms. The number of carbonyl (C=O) groups is 1. The van der Waals surface area contributed by atoms with Crippen LogP contribution in [0, 0.1) is 5.21 Å². The molecule has 1 amide bonds. The summed E-state index contributed by atoms with van der Waals surface area (Å²) in [6.07, 6.45) is 2.63. The smallest absolute Gasteiger partial charge is 0.251 e. The van der Waals surface area contributed by atoms with Crippen LogP contribution in [0.3, 0.4) is 0 Å². The first kappa shape index (κ1) is 13.1. The summed E-state index contributed by atoms with van der Waals surface area (Å²) in [5, 5.41) is 13.7. The molecule has 1 heterocycles. The van der Waals surface area contributed by atoms with E-state index in [-0.39, 0.29) is 11.8 Å². The van der Waals surface area contributed by atoms with E-state index in [1.807, 2.05) is 30.3 Å². The number of carbonyl (C=O) groups excluding carboxylic acids is 1. The molecule has 0 aliphatic rings. The maximum absolute atomic E-state index is 11.9. The van der Waals surface area contributed by atoms with Crippen LogP contribution in [-0.4, -0.2) is 12.5 Å². The van der Waals surface area contributed by atoms with Gasteiger partial charge in [0.1, 0.15) is 0 Å². The first-order chi connectivity index (χ1) is 9.16. The van der Waals surface area contributed by atoms with Crippen LogP contribution in [0.15, 0.2) is 54.9 Å².